The molecule has 0 spiro atoms. The van der Waals surface area contributed by atoms with Crippen LogP contribution in [0.3, 0.4) is 0 Å². The largest absolute Gasteiger partial charge is 0.326 e. The van der Waals surface area contributed by atoms with E-state index in [1.165, 1.54) is 37.8 Å². The molecule has 0 amide bonds. The number of nitrogens with two attached hydrogens (primary N) is 1. The first-order valence-corrected chi connectivity index (χ1v) is 7.86. The SMILES string of the molecule is CC(C)(C(N)Cc1ccc(F)cc1F)N1CCCCCC1. The molecule has 0 aromatic heterocycles. The minimum atomic E-state index is -0.545. The Bertz CT molecular complexity index is 466. The van der Waals surface area contributed by atoms with Crippen LogP contribution in [0.5, 0.6) is 0 Å². The second kappa shape index (κ2) is 6.84. The summed E-state index contributed by atoms with van der Waals surface area (Å²) in [6.07, 6.45) is 5.36. The third kappa shape index (κ3) is 4.01. The van der Waals surface area contributed by atoms with Gasteiger partial charge in [0, 0.05) is 17.6 Å². The molecule has 2 N–H and O–H groups in total. The molecule has 1 aliphatic heterocycles. The molecule has 2 rings (SSSR count). The molecule has 21 heavy (non-hydrogen) atoms. The van der Waals surface area contributed by atoms with Crippen LogP contribution in [-0.2, 0) is 6.42 Å². The summed E-state index contributed by atoms with van der Waals surface area (Å²) >= 11 is 0. The van der Waals surface area contributed by atoms with Gasteiger partial charge in [-0.3, -0.25) is 4.90 Å². The molecule has 0 bridgehead atoms. The Hall–Kier alpha value is -1.00. The molecule has 1 aromatic carbocycles. The van der Waals surface area contributed by atoms with Gasteiger partial charge >= 0.3 is 0 Å². The van der Waals surface area contributed by atoms with E-state index < -0.39 is 11.6 Å². The molecular formula is C17H26F2N2. The predicted molar refractivity (Wildman–Crippen MR) is 82.2 cm³/mol. The molecule has 1 unspecified atom stereocenters. The number of halogens is 2. The lowest BCUT2D eigenvalue weighted by Gasteiger charge is -2.42. The van der Waals surface area contributed by atoms with Gasteiger partial charge in [0.25, 0.3) is 0 Å². The first-order chi connectivity index (χ1) is 9.91. The van der Waals surface area contributed by atoms with Crippen molar-refractivity contribution in [1.82, 2.24) is 4.90 Å². The highest BCUT2D eigenvalue weighted by Crippen LogP contribution is 2.25. The van der Waals surface area contributed by atoms with Gasteiger partial charge in [-0.2, -0.15) is 0 Å². The average Bonchev–Trinajstić information content (AvgIpc) is 2.71. The number of likely N-dealkylation sites (tertiary alicyclic amines) is 1. The standard InChI is InChI=1S/C17H26F2N2/c1-17(2,21-9-5-3-4-6-10-21)16(20)11-13-7-8-14(18)12-15(13)19/h7-8,12,16H,3-6,9-11,20H2,1-2H3. The van der Waals surface area contributed by atoms with Gasteiger partial charge in [-0.25, -0.2) is 8.78 Å². The Morgan fingerprint density at radius 1 is 1.14 bits per heavy atom. The molecule has 1 aliphatic rings. The Kier molecular flexibility index (Phi) is 5.33. The van der Waals surface area contributed by atoms with E-state index in [0.29, 0.717) is 12.0 Å². The van der Waals surface area contributed by atoms with Crippen LogP contribution < -0.4 is 5.73 Å². The van der Waals surface area contributed by atoms with Crippen molar-refractivity contribution in [3.63, 3.8) is 0 Å². The van der Waals surface area contributed by atoms with Gasteiger partial charge in [-0.1, -0.05) is 18.9 Å². The van der Waals surface area contributed by atoms with Crippen molar-refractivity contribution in [2.24, 2.45) is 5.73 Å². The molecule has 4 heteroatoms. The Morgan fingerprint density at radius 3 is 2.33 bits per heavy atom. The maximum atomic E-state index is 13.8. The van der Waals surface area contributed by atoms with Gasteiger partial charge in [-0.05, 0) is 57.8 Å². The summed E-state index contributed by atoms with van der Waals surface area (Å²) in [6, 6.07) is 3.55. The summed E-state index contributed by atoms with van der Waals surface area (Å²) in [4.78, 5) is 2.42. The van der Waals surface area contributed by atoms with Crippen LogP contribution in [0.15, 0.2) is 18.2 Å². The summed E-state index contributed by atoms with van der Waals surface area (Å²) in [6.45, 7) is 6.36. The number of hydrogen-bond acceptors (Lipinski definition) is 2. The number of rotatable bonds is 4. The van der Waals surface area contributed by atoms with E-state index >= 15 is 0 Å². The smallest absolute Gasteiger partial charge is 0.129 e. The molecule has 1 saturated heterocycles. The second-order valence-electron chi connectivity index (χ2n) is 6.60. The van der Waals surface area contributed by atoms with E-state index in [-0.39, 0.29) is 11.6 Å². The molecule has 0 radical (unpaired) electrons. The topological polar surface area (TPSA) is 29.3 Å². The molecule has 118 valence electrons. The molecular weight excluding hydrogens is 270 g/mol. The molecule has 2 nitrogen and oxygen atoms in total. The number of hydrogen-bond donors (Lipinski definition) is 1. The molecule has 1 heterocycles. The third-order valence-corrected chi connectivity index (χ3v) is 4.78. The third-order valence-electron chi connectivity index (χ3n) is 4.78. The quantitative estimate of drug-likeness (QED) is 0.921. The minimum Gasteiger partial charge on any atom is -0.326 e. The van der Waals surface area contributed by atoms with E-state index in [4.69, 9.17) is 5.73 Å². The summed E-state index contributed by atoms with van der Waals surface area (Å²) < 4.78 is 26.8. The first-order valence-electron chi connectivity index (χ1n) is 7.86. The van der Waals surface area contributed by atoms with Gasteiger partial charge < -0.3 is 5.73 Å². The van der Waals surface area contributed by atoms with E-state index in [0.717, 1.165) is 19.2 Å². The maximum absolute atomic E-state index is 13.8. The van der Waals surface area contributed by atoms with Gasteiger partial charge in [0.05, 0.1) is 0 Å². The molecule has 1 atom stereocenters. The predicted octanol–water partition coefficient (Wildman–Crippen LogP) is 3.49. The van der Waals surface area contributed by atoms with Crippen molar-refractivity contribution >= 4 is 0 Å². The summed E-state index contributed by atoms with van der Waals surface area (Å²) in [5.41, 5.74) is 6.67. The van der Waals surface area contributed by atoms with Gasteiger partial charge in [0.2, 0.25) is 0 Å². The van der Waals surface area contributed by atoms with Gasteiger partial charge in [0.1, 0.15) is 11.6 Å². The van der Waals surface area contributed by atoms with Crippen LogP contribution >= 0.6 is 0 Å². The second-order valence-corrected chi connectivity index (χ2v) is 6.60. The summed E-state index contributed by atoms with van der Waals surface area (Å²) in [5, 5.41) is 0. The fraction of sp³-hybridized carbons (Fsp3) is 0.647. The maximum Gasteiger partial charge on any atom is 0.129 e. The summed E-state index contributed by atoms with van der Waals surface area (Å²) in [7, 11) is 0. The van der Waals surface area contributed by atoms with Crippen molar-refractivity contribution in [3.05, 3.63) is 35.4 Å². The van der Waals surface area contributed by atoms with Crippen molar-refractivity contribution in [2.75, 3.05) is 13.1 Å². The molecule has 1 fully saturated rings. The zero-order valence-electron chi connectivity index (χ0n) is 13.0. The highest BCUT2D eigenvalue weighted by molar-refractivity contribution is 5.20. The Balaban J connectivity index is 2.07. The van der Waals surface area contributed by atoms with Crippen molar-refractivity contribution < 1.29 is 8.78 Å². The van der Waals surface area contributed by atoms with Crippen molar-refractivity contribution in [3.8, 4) is 0 Å². The Morgan fingerprint density at radius 2 is 1.76 bits per heavy atom. The van der Waals surface area contributed by atoms with Crippen LogP contribution in [0, 0.1) is 11.6 Å². The van der Waals surface area contributed by atoms with Gasteiger partial charge in [-0.15, -0.1) is 0 Å². The van der Waals surface area contributed by atoms with Crippen LogP contribution in [0.4, 0.5) is 8.78 Å². The van der Waals surface area contributed by atoms with Crippen molar-refractivity contribution in [1.29, 1.82) is 0 Å². The highest BCUT2D eigenvalue weighted by Gasteiger charge is 2.33. The zero-order chi connectivity index (χ0) is 15.5. The molecule has 0 saturated carbocycles. The van der Waals surface area contributed by atoms with Crippen molar-refractivity contribution in [2.45, 2.75) is 57.5 Å². The highest BCUT2D eigenvalue weighted by atomic mass is 19.1. The van der Waals surface area contributed by atoms with E-state index in [1.807, 2.05) is 0 Å². The lowest BCUT2D eigenvalue weighted by atomic mass is 9.87. The van der Waals surface area contributed by atoms with E-state index in [9.17, 15) is 8.78 Å². The average molecular weight is 296 g/mol. The lowest BCUT2D eigenvalue weighted by molar-refractivity contribution is 0.0976. The van der Waals surface area contributed by atoms with Crippen LogP contribution in [0.1, 0.15) is 45.1 Å². The fourth-order valence-electron chi connectivity index (χ4n) is 3.06. The minimum absolute atomic E-state index is 0.185. The normalized spacial score (nSPS) is 19.3. The van der Waals surface area contributed by atoms with Crippen LogP contribution in [-0.4, -0.2) is 29.6 Å². The van der Waals surface area contributed by atoms with E-state index in [2.05, 4.69) is 18.7 Å². The monoisotopic (exact) mass is 296 g/mol. The molecule has 1 aromatic rings. The van der Waals surface area contributed by atoms with Gasteiger partial charge in [0.15, 0.2) is 0 Å². The molecule has 0 aliphatic carbocycles. The lowest BCUT2D eigenvalue weighted by Crippen LogP contribution is -2.57. The Labute approximate surface area is 126 Å². The van der Waals surface area contributed by atoms with Crippen LogP contribution in [0.2, 0.25) is 0 Å². The first kappa shape index (κ1) is 16.4. The van der Waals surface area contributed by atoms with E-state index in [1.54, 1.807) is 0 Å². The number of nitrogens with zero attached hydrogens (tertiary/aromatic N) is 1. The zero-order valence-corrected chi connectivity index (χ0v) is 13.0. The summed E-state index contributed by atoms with van der Waals surface area (Å²) in [5.74, 6) is -1.05. The fourth-order valence-corrected chi connectivity index (χ4v) is 3.06. The number of benzene rings is 1. The van der Waals surface area contributed by atoms with Crippen LogP contribution in [0.25, 0.3) is 0 Å².